The molecular weight excluding hydrogens is 482 g/mol. The molecule has 188 valence electrons. The number of sulfonamides is 1. The number of urea groups is 2. The Balaban J connectivity index is 1.80. The quantitative estimate of drug-likeness (QED) is 0.368. The van der Waals surface area contributed by atoms with Gasteiger partial charge in [-0.1, -0.05) is 48.5 Å². The minimum absolute atomic E-state index is 0.0344. The summed E-state index contributed by atoms with van der Waals surface area (Å²) in [5.41, 5.74) is 7.30. The predicted molar refractivity (Wildman–Crippen MR) is 137 cm³/mol. The molecule has 3 aromatic carbocycles. The molecule has 5 N–H and O–H groups in total. The second kappa shape index (κ2) is 11.4. The average molecular weight is 510 g/mol. The maximum Gasteiger partial charge on any atom is 0.329 e. The van der Waals surface area contributed by atoms with E-state index in [9.17, 15) is 22.8 Å². The summed E-state index contributed by atoms with van der Waals surface area (Å²) in [5, 5.41) is 4.94. The van der Waals surface area contributed by atoms with E-state index < -0.39 is 34.0 Å². The Labute approximate surface area is 209 Å². The van der Waals surface area contributed by atoms with Crippen molar-refractivity contribution in [2.45, 2.75) is 24.3 Å². The lowest BCUT2D eigenvalue weighted by atomic mass is 10.0. The topological polar surface area (TPSA) is 151 Å². The van der Waals surface area contributed by atoms with Crippen molar-refractivity contribution in [3.8, 4) is 0 Å². The van der Waals surface area contributed by atoms with Gasteiger partial charge in [-0.3, -0.25) is 4.79 Å². The van der Waals surface area contributed by atoms with Gasteiger partial charge in [0.15, 0.2) is 0 Å². The van der Waals surface area contributed by atoms with Crippen molar-refractivity contribution in [1.29, 1.82) is 0 Å². The van der Waals surface area contributed by atoms with Gasteiger partial charge in [0.05, 0.1) is 4.90 Å². The van der Waals surface area contributed by atoms with Crippen molar-refractivity contribution < 1.29 is 22.8 Å². The molecule has 1 atom stereocenters. The molecule has 5 amide bonds. The molecule has 0 fully saturated rings. The largest absolute Gasteiger partial charge is 0.351 e. The van der Waals surface area contributed by atoms with Crippen LogP contribution >= 0.6 is 0 Å². The monoisotopic (exact) mass is 509 g/mol. The number of amides is 5. The first kappa shape index (κ1) is 26.2. The molecule has 0 bridgehead atoms. The number of rotatable bonds is 8. The third-order valence-electron chi connectivity index (χ3n) is 5.35. The maximum absolute atomic E-state index is 13.4. The van der Waals surface area contributed by atoms with Gasteiger partial charge in [0, 0.05) is 24.8 Å². The van der Waals surface area contributed by atoms with Gasteiger partial charge >= 0.3 is 12.1 Å². The lowest BCUT2D eigenvalue weighted by molar-refractivity contribution is -0.120. The zero-order valence-electron chi connectivity index (χ0n) is 19.8. The van der Waals surface area contributed by atoms with E-state index in [1.165, 1.54) is 18.0 Å². The molecule has 3 rings (SSSR count). The van der Waals surface area contributed by atoms with Crippen LogP contribution in [0.5, 0.6) is 0 Å². The van der Waals surface area contributed by atoms with E-state index in [1.54, 1.807) is 73.7 Å². The fourth-order valence-corrected chi connectivity index (χ4v) is 4.71. The summed E-state index contributed by atoms with van der Waals surface area (Å²) in [7, 11) is -2.62. The molecule has 0 heterocycles. The van der Waals surface area contributed by atoms with Crippen LogP contribution < -0.4 is 26.0 Å². The van der Waals surface area contributed by atoms with E-state index in [1.807, 2.05) is 10.8 Å². The highest BCUT2D eigenvalue weighted by Gasteiger charge is 2.27. The van der Waals surface area contributed by atoms with Gasteiger partial charge in [0.2, 0.25) is 5.91 Å². The molecule has 0 radical (unpaired) electrons. The van der Waals surface area contributed by atoms with E-state index in [2.05, 4.69) is 10.6 Å². The second-order valence-corrected chi connectivity index (χ2v) is 9.67. The molecule has 0 aliphatic rings. The molecule has 0 saturated heterocycles. The minimum atomic E-state index is -4.15. The number of carbonyl (C=O) groups excluding carboxylic acids is 3. The smallest absolute Gasteiger partial charge is 0.329 e. The highest BCUT2D eigenvalue weighted by atomic mass is 32.2. The fourth-order valence-electron chi connectivity index (χ4n) is 3.54. The summed E-state index contributed by atoms with van der Waals surface area (Å²) < 4.78 is 27.4. The fraction of sp³-hybridized carbons (Fsp3) is 0.160. The Kier molecular flexibility index (Phi) is 8.28. The predicted octanol–water partition coefficient (Wildman–Crippen LogP) is 2.75. The first-order chi connectivity index (χ1) is 17.1. The number of hydrogen-bond acceptors (Lipinski definition) is 5. The summed E-state index contributed by atoms with van der Waals surface area (Å²) >= 11 is 0. The Morgan fingerprint density at radius 3 is 2.14 bits per heavy atom. The van der Waals surface area contributed by atoms with Crippen molar-refractivity contribution in [3.63, 3.8) is 0 Å². The van der Waals surface area contributed by atoms with Gasteiger partial charge in [-0.05, 0) is 48.4 Å². The average Bonchev–Trinajstić information content (AvgIpc) is 2.83. The molecule has 0 aliphatic heterocycles. The number of hydrogen-bond donors (Lipinski definition) is 4. The van der Waals surface area contributed by atoms with Gasteiger partial charge in [0.1, 0.15) is 6.04 Å². The van der Waals surface area contributed by atoms with Crippen LogP contribution in [0.4, 0.5) is 21.0 Å². The number of nitrogens with zero attached hydrogens (tertiary/aromatic N) is 1. The third-order valence-corrected chi connectivity index (χ3v) is 6.84. The summed E-state index contributed by atoms with van der Waals surface area (Å²) in [6.45, 7) is 1.62. The van der Waals surface area contributed by atoms with E-state index in [0.717, 1.165) is 5.56 Å². The van der Waals surface area contributed by atoms with Crippen molar-refractivity contribution in [2.75, 3.05) is 17.3 Å². The Morgan fingerprint density at radius 1 is 0.917 bits per heavy atom. The van der Waals surface area contributed by atoms with Gasteiger partial charge < -0.3 is 21.3 Å². The molecule has 0 unspecified atom stereocenters. The number of aryl methyl sites for hydroxylation is 1. The second-order valence-electron chi connectivity index (χ2n) is 8.02. The first-order valence-electron chi connectivity index (χ1n) is 10.9. The summed E-state index contributed by atoms with van der Waals surface area (Å²) in [6, 6.07) is 18.8. The van der Waals surface area contributed by atoms with E-state index in [0.29, 0.717) is 16.9 Å². The highest BCUT2D eigenvalue weighted by molar-refractivity contribution is 7.90. The van der Waals surface area contributed by atoms with E-state index in [4.69, 9.17) is 5.73 Å². The van der Waals surface area contributed by atoms with Crippen molar-refractivity contribution >= 4 is 39.4 Å². The summed E-state index contributed by atoms with van der Waals surface area (Å²) in [5.74, 6) is -0.474. The standard InChI is InChI=1S/C25H27N5O5S/c1-17-8-6-7-11-22(17)36(34,35)29-25(33)28-21(16-18-9-4-3-5-10-18)23(31)30(2)20-14-12-19(13-15-20)27-24(26)32/h3-15,21H,16H2,1-2H3,(H3,26,27,32)(H2,28,29,33)/t21-/m0/s1. The Morgan fingerprint density at radius 2 is 1.53 bits per heavy atom. The lowest BCUT2D eigenvalue weighted by Crippen LogP contribution is -2.52. The third kappa shape index (κ3) is 6.83. The lowest BCUT2D eigenvalue weighted by Gasteiger charge is -2.25. The summed E-state index contributed by atoms with van der Waals surface area (Å²) in [4.78, 5) is 38.4. The molecule has 0 spiro atoms. The molecule has 0 aromatic heterocycles. The SMILES string of the molecule is Cc1ccccc1S(=O)(=O)NC(=O)N[C@@H](Cc1ccccc1)C(=O)N(C)c1ccc(NC(N)=O)cc1. The maximum atomic E-state index is 13.4. The number of nitrogens with one attached hydrogen (secondary N) is 3. The number of nitrogens with two attached hydrogens (primary N) is 1. The van der Waals surface area contributed by atoms with Gasteiger partial charge in [-0.25, -0.2) is 22.7 Å². The number of carbonyl (C=O) groups is 3. The van der Waals surface area contributed by atoms with Crippen LogP contribution in [0.2, 0.25) is 0 Å². The van der Waals surface area contributed by atoms with Crippen LogP contribution in [0, 0.1) is 6.92 Å². The summed E-state index contributed by atoms with van der Waals surface area (Å²) in [6.07, 6.45) is 0.128. The first-order valence-corrected chi connectivity index (χ1v) is 12.4. The van der Waals surface area contributed by atoms with Gasteiger partial charge in [-0.2, -0.15) is 0 Å². The van der Waals surface area contributed by atoms with Crippen LogP contribution in [0.1, 0.15) is 11.1 Å². The minimum Gasteiger partial charge on any atom is -0.351 e. The van der Waals surface area contributed by atoms with Crippen molar-refractivity contribution in [3.05, 3.63) is 90.0 Å². The Hall–Kier alpha value is -4.38. The van der Waals surface area contributed by atoms with Gasteiger partial charge in [0.25, 0.3) is 10.0 Å². The molecule has 10 nitrogen and oxygen atoms in total. The van der Waals surface area contributed by atoms with Crippen LogP contribution in [-0.4, -0.2) is 39.5 Å². The van der Waals surface area contributed by atoms with Crippen LogP contribution in [-0.2, 0) is 21.2 Å². The van der Waals surface area contributed by atoms with Gasteiger partial charge in [-0.15, -0.1) is 0 Å². The van der Waals surface area contributed by atoms with E-state index in [-0.39, 0.29) is 11.3 Å². The highest BCUT2D eigenvalue weighted by Crippen LogP contribution is 2.19. The van der Waals surface area contributed by atoms with Crippen molar-refractivity contribution in [1.82, 2.24) is 10.0 Å². The van der Waals surface area contributed by atoms with E-state index >= 15 is 0 Å². The molecular formula is C25H27N5O5S. The zero-order chi connectivity index (χ0) is 26.3. The number of primary amides is 1. The molecule has 36 heavy (non-hydrogen) atoms. The van der Waals surface area contributed by atoms with Crippen LogP contribution in [0.3, 0.4) is 0 Å². The molecule has 3 aromatic rings. The zero-order valence-corrected chi connectivity index (χ0v) is 20.6. The molecule has 11 heteroatoms. The van der Waals surface area contributed by atoms with Crippen LogP contribution in [0.25, 0.3) is 0 Å². The molecule has 0 saturated carbocycles. The normalized spacial score (nSPS) is 11.7. The number of anilines is 2. The number of benzene rings is 3. The van der Waals surface area contributed by atoms with Crippen molar-refractivity contribution in [2.24, 2.45) is 5.73 Å². The molecule has 0 aliphatic carbocycles. The number of likely N-dealkylation sites (N-methyl/N-ethyl adjacent to an activating group) is 1. The Bertz CT molecular complexity index is 1340. The van der Waals surface area contributed by atoms with Crippen LogP contribution in [0.15, 0.2) is 83.8 Å².